The molecule has 3 aromatic rings. The number of nitrogen functional groups attached to an aromatic ring is 3. The van der Waals surface area contributed by atoms with Crippen LogP contribution in [0.15, 0.2) is 54.1 Å². The molecule has 182 valence electrons. The third kappa shape index (κ3) is 7.24. The molecule has 0 saturated heterocycles. The average molecular weight is 471 g/mol. The lowest BCUT2D eigenvalue weighted by Gasteiger charge is -2.10. The highest BCUT2D eigenvalue weighted by atomic mass is 14.9. The lowest BCUT2D eigenvalue weighted by molar-refractivity contribution is 1.06. The number of H-pyrrole nitrogens is 1. The van der Waals surface area contributed by atoms with Gasteiger partial charge in [0, 0.05) is 23.2 Å². The monoisotopic (exact) mass is 470 g/mol. The standard InChI is InChI=1S/C24H30N8.C3H4/c1-3-5-17(24-31-20-10-8-16(23(28)29)13-21(20)32-24)14(2)6-4-11-30-19-9-7-15(22(26)27)12-18(19)25;1-3-2/h5-10,12-13,30H,3-4,11,25H2,1-2H3,(H3,26,27)(H3,28,29)(H,31,32);1H,2H3/b14-6-,17-5+;. The number of hydrogen-bond acceptors (Lipinski definition) is 5. The second kappa shape index (κ2) is 12.7. The molecule has 0 radical (unpaired) electrons. The van der Waals surface area contributed by atoms with Crippen molar-refractivity contribution in [2.45, 2.75) is 33.6 Å². The molecule has 0 saturated carbocycles. The van der Waals surface area contributed by atoms with E-state index >= 15 is 0 Å². The number of imidazole rings is 1. The number of rotatable bonds is 9. The summed E-state index contributed by atoms with van der Waals surface area (Å²) in [7, 11) is 0. The van der Waals surface area contributed by atoms with Crippen LogP contribution in [0.2, 0.25) is 0 Å². The maximum Gasteiger partial charge on any atom is 0.138 e. The molecule has 3 rings (SSSR count). The van der Waals surface area contributed by atoms with E-state index in [1.54, 1.807) is 19.1 Å². The number of amidine groups is 2. The number of aromatic amines is 1. The fourth-order valence-electron chi connectivity index (χ4n) is 3.45. The Morgan fingerprint density at radius 2 is 1.74 bits per heavy atom. The van der Waals surface area contributed by atoms with Gasteiger partial charge in [-0.05, 0) is 68.7 Å². The van der Waals surface area contributed by atoms with E-state index in [2.05, 4.69) is 48.6 Å². The number of anilines is 2. The van der Waals surface area contributed by atoms with Gasteiger partial charge in [-0.3, -0.25) is 10.8 Å². The van der Waals surface area contributed by atoms with Gasteiger partial charge < -0.3 is 27.5 Å². The van der Waals surface area contributed by atoms with Crippen molar-refractivity contribution in [3.8, 4) is 12.3 Å². The number of fused-ring (bicyclic) bond motifs is 1. The second-order valence-electron chi connectivity index (χ2n) is 7.86. The molecule has 8 nitrogen and oxygen atoms in total. The predicted octanol–water partition coefficient (Wildman–Crippen LogP) is 4.59. The zero-order valence-corrected chi connectivity index (χ0v) is 20.5. The molecule has 0 bridgehead atoms. The highest BCUT2D eigenvalue weighted by molar-refractivity contribution is 5.98. The number of benzene rings is 2. The number of aromatic nitrogens is 2. The van der Waals surface area contributed by atoms with Crippen molar-refractivity contribution in [1.29, 1.82) is 10.8 Å². The summed E-state index contributed by atoms with van der Waals surface area (Å²) in [4.78, 5) is 8.09. The van der Waals surface area contributed by atoms with Gasteiger partial charge in [0.25, 0.3) is 0 Å². The minimum atomic E-state index is 0.000142. The summed E-state index contributed by atoms with van der Waals surface area (Å²) < 4.78 is 0. The largest absolute Gasteiger partial charge is 0.397 e. The fraction of sp³-hybridized carbons (Fsp3) is 0.222. The van der Waals surface area contributed by atoms with Crippen LogP contribution in [0, 0.1) is 23.2 Å². The van der Waals surface area contributed by atoms with Crippen LogP contribution in [0.5, 0.6) is 0 Å². The highest BCUT2D eigenvalue weighted by Gasteiger charge is 2.11. The Balaban J connectivity index is 0.00000137. The topological polar surface area (TPSA) is 166 Å². The molecule has 10 N–H and O–H groups in total. The van der Waals surface area contributed by atoms with Crippen molar-refractivity contribution < 1.29 is 0 Å². The lowest BCUT2D eigenvalue weighted by atomic mass is 10.0. The molecule has 0 spiro atoms. The molecule has 1 heterocycles. The van der Waals surface area contributed by atoms with Crippen molar-refractivity contribution in [2.75, 3.05) is 17.6 Å². The van der Waals surface area contributed by atoms with E-state index in [0.717, 1.165) is 46.5 Å². The van der Waals surface area contributed by atoms with E-state index in [4.69, 9.17) is 33.0 Å². The van der Waals surface area contributed by atoms with Gasteiger partial charge in [0.1, 0.15) is 17.5 Å². The Morgan fingerprint density at radius 1 is 1.11 bits per heavy atom. The maximum atomic E-state index is 7.63. The second-order valence-corrected chi connectivity index (χ2v) is 7.86. The van der Waals surface area contributed by atoms with Crippen LogP contribution in [-0.4, -0.2) is 28.2 Å². The Hall–Kier alpha value is -4.51. The van der Waals surface area contributed by atoms with Gasteiger partial charge in [-0.2, -0.15) is 0 Å². The lowest BCUT2D eigenvalue weighted by Crippen LogP contribution is -2.12. The first kappa shape index (κ1) is 26.7. The normalized spacial score (nSPS) is 11.4. The zero-order valence-electron chi connectivity index (χ0n) is 20.5. The summed E-state index contributed by atoms with van der Waals surface area (Å²) in [5, 5.41) is 18.5. The molecule has 0 aliphatic carbocycles. The number of nitrogens with one attached hydrogen (secondary N) is 4. The Morgan fingerprint density at radius 3 is 2.34 bits per heavy atom. The van der Waals surface area contributed by atoms with Crippen molar-refractivity contribution in [3.63, 3.8) is 0 Å². The van der Waals surface area contributed by atoms with Gasteiger partial charge >= 0.3 is 0 Å². The smallest absolute Gasteiger partial charge is 0.138 e. The van der Waals surface area contributed by atoms with Crippen LogP contribution in [-0.2, 0) is 0 Å². The van der Waals surface area contributed by atoms with Crippen molar-refractivity contribution >= 4 is 39.7 Å². The average Bonchev–Trinajstić information content (AvgIpc) is 3.24. The molecule has 2 aromatic carbocycles. The van der Waals surface area contributed by atoms with E-state index < -0.39 is 0 Å². The molecular formula is C27H34N8. The van der Waals surface area contributed by atoms with Gasteiger partial charge in [0.15, 0.2) is 0 Å². The number of hydrogen-bond donors (Lipinski definition) is 7. The summed E-state index contributed by atoms with van der Waals surface area (Å²) in [6.07, 6.45) is 10.6. The van der Waals surface area contributed by atoms with Crippen LogP contribution in [0.1, 0.15) is 50.6 Å². The molecule has 8 heteroatoms. The van der Waals surface area contributed by atoms with Gasteiger partial charge in [-0.1, -0.05) is 19.1 Å². The van der Waals surface area contributed by atoms with Crippen LogP contribution < -0.4 is 22.5 Å². The summed E-state index contributed by atoms with van der Waals surface area (Å²) >= 11 is 0. The summed E-state index contributed by atoms with van der Waals surface area (Å²) in [6.45, 7) is 6.53. The van der Waals surface area contributed by atoms with E-state index in [-0.39, 0.29) is 11.7 Å². The van der Waals surface area contributed by atoms with Gasteiger partial charge in [-0.25, -0.2) is 4.98 Å². The molecule has 1 aromatic heterocycles. The molecule has 0 amide bonds. The first-order valence-electron chi connectivity index (χ1n) is 11.3. The van der Waals surface area contributed by atoms with Gasteiger partial charge in [0.2, 0.25) is 0 Å². The molecule has 0 aliphatic heterocycles. The molecule has 35 heavy (non-hydrogen) atoms. The first-order valence-corrected chi connectivity index (χ1v) is 11.3. The SMILES string of the molecule is C#CC.CC/C=C(\C(C)=C/CCNc1ccc(C(=N)N)cc1N)c1nc2ccc(C(=N)N)cc2[nH]1. The van der Waals surface area contributed by atoms with E-state index in [1.165, 1.54) is 0 Å². The zero-order chi connectivity index (χ0) is 26.0. The molecular weight excluding hydrogens is 436 g/mol. The van der Waals surface area contributed by atoms with Crippen molar-refractivity contribution in [3.05, 3.63) is 71.1 Å². The van der Waals surface area contributed by atoms with E-state index in [0.29, 0.717) is 23.4 Å². The Kier molecular flexibility index (Phi) is 9.67. The highest BCUT2D eigenvalue weighted by Crippen LogP contribution is 2.25. The van der Waals surface area contributed by atoms with Crippen molar-refractivity contribution in [1.82, 2.24) is 9.97 Å². The van der Waals surface area contributed by atoms with Gasteiger partial charge in [0.05, 0.1) is 22.4 Å². The summed E-state index contributed by atoms with van der Waals surface area (Å²) in [5.41, 5.74) is 23.7. The molecule has 0 fully saturated rings. The van der Waals surface area contributed by atoms with Crippen LogP contribution >= 0.6 is 0 Å². The maximum absolute atomic E-state index is 7.63. The molecule has 0 aliphatic rings. The molecule has 0 unspecified atom stereocenters. The minimum absolute atomic E-state index is 0.000142. The predicted molar refractivity (Wildman–Crippen MR) is 149 cm³/mol. The van der Waals surface area contributed by atoms with Crippen LogP contribution in [0.4, 0.5) is 11.4 Å². The summed E-state index contributed by atoms with van der Waals surface area (Å²) in [5.74, 6) is 3.08. The number of nitrogens with two attached hydrogens (primary N) is 3. The first-order chi connectivity index (χ1) is 16.7. The van der Waals surface area contributed by atoms with Crippen LogP contribution in [0.3, 0.4) is 0 Å². The third-order valence-electron chi connectivity index (χ3n) is 5.15. The number of allylic oxidation sites excluding steroid dienone is 3. The van der Waals surface area contributed by atoms with E-state index in [9.17, 15) is 0 Å². The Labute approximate surface area is 206 Å². The van der Waals surface area contributed by atoms with Gasteiger partial charge in [-0.15, -0.1) is 12.3 Å². The Bertz CT molecular complexity index is 1300. The third-order valence-corrected chi connectivity index (χ3v) is 5.15. The summed E-state index contributed by atoms with van der Waals surface area (Å²) in [6, 6.07) is 10.9. The van der Waals surface area contributed by atoms with Crippen LogP contribution in [0.25, 0.3) is 16.6 Å². The quantitative estimate of drug-likeness (QED) is 0.0605. The fourth-order valence-corrected chi connectivity index (χ4v) is 3.45. The molecule has 0 atom stereocenters. The van der Waals surface area contributed by atoms with Crippen molar-refractivity contribution in [2.24, 2.45) is 11.5 Å². The number of terminal acetylenes is 1. The van der Waals surface area contributed by atoms with E-state index in [1.807, 2.05) is 24.3 Å². The minimum Gasteiger partial charge on any atom is -0.397 e. The number of nitrogens with zero attached hydrogens (tertiary/aromatic N) is 1.